The lowest BCUT2D eigenvalue weighted by atomic mass is 10.1. The number of hydrogen-bond acceptors (Lipinski definition) is 3. The first-order chi connectivity index (χ1) is 12.4. The summed E-state index contributed by atoms with van der Waals surface area (Å²) >= 11 is 0. The second-order valence-electron chi connectivity index (χ2n) is 6.47. The summed E-state index contributed by atoms with van der Waals surface area (Å²) in [6.07, 6.45) is 0.224. The summed E-state index contributed by atoms with van der Waals surface area (Å²) in [6, 6.07) is 14.7. The van der Waals surface area contributed by atoms with E-state index in [0.29, 0.717) is 18.7 Å². The highest BCUT2D eigenvalue weighted by atomic mass is 16.5. The lowest BCUT2D eigenvalue weighted by molar-refractivity contribution is -0.121. The molecule has 2 N–H and O–H groups in total. The molecule has 0 aliphatic heterocycles. The van der Waals surface area contributed by atoms with E-state index in [1.807, 2.05) is 51.1 Å². The quantitative estimate of drug-likeness (QED) is 0.716. The highest BCUT2D eigenvalue weighted by Crippen LogP contribution is 2.15. The number of rotatable bonds is 8. The molecule has 1 unspecified atom stereocenters. The van der Waals surface area contributed by atoms with Gasteiger partial charge in [-0.05, 0) is 56.2 Å². The third kappa shape index (κ3) is 6.59. The van der Waals surface area contributed by atoms with Crippen LogP contribution < -0.4 is 15.4 Å². The van der Waals surface area contributed by atoms with Crippen LogP contribution in [0, 0.1) is 13.8 Å². The number of hydrogen-bond donors (Lipinski definition) is 2. The minimum atomic E-state index is -0.247. The van der Waals surface area contributed by atoms with Gasteiger partial charge >= 0.3 is 0 Å². The molecule has 138 valence electrons. The largest absolute Gasteiger partial charge is 0.492 e. The number of carbonyl (C=O) groups excluding carboxylic acids is 2. The molecule has 0 aliphatic carbocycles. The van der Waals surface area contributed by atoms with Gasteiger partial charge in [0.25, 0.3) is 5.91 Å². The summed E-state index contributed by atoms with van der Waals surface area (Å²) in [5, 5.41) is 5.64. The zero-order valence-electron chi connectivity index (χ0n) is 15.5. The van der Waals surface area contributed by atoms with Gasteiger partial charge in [0.15, 0.2) is 0 Å². The first kappa shape index (κ1) is 19.5. The van der Waals surface area contributed by atoms with Gasteiger partial charge in [-0.25, -0.2) is 0 Å². The molecule has 0 heterocycles. The van der Waals surface area contributed by atoms with Gasteiger partial charge in [0.05, 0.1) is 6.54 Å². The Morgan fingerprint density at radius 2 is 1.69 bits per heavy atom. The Hall–Kier alpha value is -2.82. The summed E-state index contributed by atoms with van der Waals surface area (Å²) in [6.45, 7) is 6.68. The normalized spacial score (nSPS) is 11.5. The van der Waals surface area contributed by atoms with Gasteiger partial charge in [-0.2, -0.15) is 0 Å². The van der Waals surface area contributed by atoms with Crippen LogP contribution in [0.3, 0.4) is 0 Å². The van der Waals surface area contributed by atoms with Gasteiger partial charge in [-0.1, -0.05) is 24.3 Å². The number of amides is 2. The first-order valence-corrected chi connectivity index (χ1v) is 8.78. The molecule has 26 heavy (non-hydrogen) atoms. The lowest BCUT2D eigenvalue weighted by Gasteiger charge is -2.14. The molecule has 5 nitrogen and oxygen atoms in total. The third-order valence-electron chi connectivity index (χ3n) is 3.79. The molecule has 2 amide bonds. The van der Waals surface area contributed by atoms with E-state index in [2.05, 4.69) is 16.7 Å². The standard InChI is InChI=1S/C21H26N2O3/c1-15-11-16(2)13-19(12-15)26-10-9-22-20(24)14-17(3)23-21(25)18-7-5-4-6-8-18/h4-8,11-13,17H,9-10,14H2,1-3H3,(H,22,24)(H,23,25). The molecule has 1 atom stereocenters. The van der Waals surface area contributed by atoms with E-state index >= 15 is 0 Å². The summed E-state index contributed by atoms with van der Waals surface area (Å²) in [5.74, 6) is 0.513. The van der Waals surface area contributed by atoms with Crippen molar-refractivity contribution < 1.29 is 14.3 Å². The summed E-state index contributed by atoms with van der Waals surface area (Å²) < 4.78 is 5.66. The van der Waals surface area contributed by atoms with Crippen molar-refractivity contribution in [2.45, 2.75) is 33.2 Å². The Kier molecular flexibility index (Phi) is 7.21. The van der Waals surface area contributed by atoms with Gasteiger partial charge in [0, 0.05) is 18.0 Å². The third-order valence-corrected chi connectivity index (χ3v) is 3.79. The molecule has 0 aliphatic rings. The van der Waals surface area contributed by atoms with Gasteiger partial charge in [0.2, 0.25) is 5.91 Å². The highest BCUT2D eigenvalue weighted by molar-refractivity contribution is 5.94. The van der Waals surface area contributed by atoms with Gasteiger partial charge in [-0.15, -0.1) is 0 Å². The first-order valence-electron chi connectivity index (χ1n) is 8.78. The van der Waals surface area contributed by atoms with Crippen LogP contribution in [-0.4, -0.2) is 31.0 Å². The number of ether oxygens (including phenoxy) is 1. The minimum absolute atomic E-state index is 0.116. The molecular formula is C21H26N2O3. The van der Waals surface area contributed by atoms with Crippen molar-refractivity contribution in [2.24, 2.45) is 0 Å². The van der Waals surface area contributed by atoms with Crippen LogP contribution in [0.5, 0.6) is 5.75 Å². The second kappa shape index (κ2) is 9.61. The van der Waals surface area contributed by atoms with Gasteiger partial charge in [-0.3, -0.25) is 9.59 Å². The predicted molar refractivity (Wildman–Crippen MR) is 102 cm³/mol. The number of carbonyl (C=O) groups is 2. The van der Waals surface area contributed by atoms with Crippen molar-refractivity contribution in [3.8, 4) is 5.75 Å². The molecule has 0 radical (unpaired) electrons. The Balaban J connectivity index is 1.67. The number of aryl methyl sites for hydroxylation is 2. The fourth-order valence-corrected chi connectivity index (χ4v) is 2.67. The van der Waals surface area contributed by atoms with E-state index in [4.69, 9.17) is 4.74 Å². The minimum Gasteiger partial charge on any atom is -0.492 e. The molecule has 0 aromatic heterocycles. The van der Waals surface area contributed by atoms with Crippen LogP contribution >= 0.6 is 0 Å². The Labute approximate surface area is 154 Å². The maximum atomic E-state index is 12.0. The van der Waals surface area contributed by atoms with Crippen molar-refractivity contribution in [3.63, 3.8) is 0 Å². The van der Waals surface area contributed by atoms with Crippen LogP contribution in [-0.2, 0) is 4.79 Å². The van der Waals surface area contributed by atoms with Crippen molar-refractivity contribution in [2.75, 3.05) is 13.2 Å². The van der Waals surface area contributed by atoms with Crippen LogP contribution in [0.25, 0.3) is 0 Å². The molecule has 0 bridgehead atoms. The van der Waals surface area contributed by atoms with Crippen molar-refractivity contribution in [1.29, 1.82) is 0 Å². The molecule has 0 spiro atoms. The average molecular weight is 354 g/mol. The summed E-state index contributed by atoms with van der Waals surface area (Å²) in [7, 11) is 0. The molecule has 0 fully saturated rings. The zero-order valence-corrected chi connectivity index (χ0v) is 15.5. The van der Waals surface area contributed by atoms with E-state index in [9.17, 15) is 9.59 Å². The van der Waals surface area contributed by atoms with E-state index < -0.39 is 0 Å². The van der Waals surface area contributed by atoms with Crippen molar-refractivity contribution >= 4 is 11.8 Å². The highest BCUT2D eigenvalue weighted by Gasteiger charge is 2.12. The molecule has 2 aromatic rings. The molecule has 0 saturated carbocycles. The average Bonchev–Trinajstić information content (AvgIpc) is 2.58. The number of benzene rings is 2. The topological polar surface area (TPSA) is 67.4 Å². The lowest BCUT2D eigenvalue weighted by Crippen LogP contribution is -2.38. The van der Waals surface area contributed by atoms with E-state index in [1.54, 1.807) is 12.1 Å². The van der Waals surface area contributed by atoms with Crippen molar-refractivity contribution in [3.05, 3.63) is 65.2 Å². The van der Waals surface area contributed by atoms with Crippen molar-refractivity contribution in [1.82, 2.24) is 10.6 Å². The molecular weight excluding hydrogens is 328 g/mol. The monoisotopic (exact) mass is 354 g/mol. The van der Waals surface area contributed by atoms with Crippen LogP contribution in [0.15, 0.2) is 48.5 Å². The second-order valence-corrected chi connectivity index (χ2v) is 6.47. The zero-order chi connectivity index (χ0) is 18.9. The summed E-state index contributed by atoms with van der Waals surface area (Å²) in [4.78, 5) is 24.0. The molecule has 2 aromatic carbocycles. The Morgan fingerprint density at radius 1 is 1.04 bits per heavy atom. The molecule has 2 rings (SSSR count). The Bertz CT molecular complexity index is 724. The molecule has 5 heteroatoms. The van der Waals surface area contributed by atoms with E-state index in [-0.39, 0.29) is 24.3 Å². The van der Waals surface area contributed by atoms with Crippen LogP contribution in [0.4, 0.5) is 0 Å². The van der Waals surface area contributed by atoms with Gasteiger partial charge in [0.1, 0.15) is 12.4 Å². The van der Waals surface area contributed by atoms with Gasteiger partial charge < -0.3 is 15.4 Å². The maximum absolute atomic E-state index is 12.0. The van der Waals surface area contributed by atoms with Crippen LogP contribution in [0.1, 0.15) is 34.8 Å². The Morgan fingerprint density at radius 3 is 2.35 bits per heavy atom. The maximum Gasteiger partial charge on any atom is 0.251 e. The SMILES string of the molecule is Cc1cc(C)cc(OCCNC(=O)CC(C)NC(=O)c2ccccc2)c1. The smallest absolute Gasteiger partial charge is 0.251 e. The van der Waals surface area contributed by atoms with E-state index in [0.717, 1.165) is 16.9 Å². The number of nitrogens with one attached hydrogen (secondary N) is 2. The molecule has 0 saturated heterocycles. The predicted octanol–water partition coefficient (Wildman–Crippen LogP) is 3.01. The fraction of sp³-hybridized carbons (Fsp3) is 0.333. The van der Waals surface area contributed by atoms with E-state index in [1.165, 1.54) is 0 Å². The summed E-state index contributed by atoms with van der Waals surface area (Å²) in [5.41, 5.74) is 2.88. The fourth-order valence-electron chi connectivity index (χ4n) is 2.67. The van der Waals surface area contributed by atoms with Crippen LogP contribution in [0.2, 0.25) is 0 Å².